The number of aromatic nitrogens is 5. The van der Waals surface area contributed by atoms with Crippen molar-refractivity contribution in [3.8, 4) is 5.69 Å². The number of carbonyl (C=O) groups excluding carboxylic acids is 1. The van der Waals surface area contributed by atoms with Gasteiger partial charge in [-0.2, -0.15) is 0 Å². The zero-order chi connectivity index (χ0) is 24.6. The van der Waals surface area contributed by atoms with Crippen LogP contribution in [0.2, 0.25) is 0 Å². The summed E-state index contributed by atoms with van der Waals surface area (Å²) in [5, 5.41) is 11.1. The second-order valence-electron chi connectivity index (χ2n) is 10.2. The number of anilines is 1. The molecule has 0 atom stereocenters. The monoisotopic (exact) mass is 479 g/mol. The third-order valence-corrected chi connectivity index (χ3v) is 6.53. The van der Waals surface area contributed by atoms with Crippen molar-refractivity contribution in [1.29, 1.82) is 0 Å². The van der Waals surface area contributed by atoms with Crippen molar-refractivity contribution in [3.05, 3.63) is 59.4 Å². The van der Waals surface area contributed by atoms with Crippen LogP contribution in [0.25, 0.3) is 5.69 Å². The van der Waals surface area contributed by atoms with Crippen molar-refractivity contribution >= 4 is 11.8 Å². The van der Waals surface area contributed by atoms with Crippen molar-refractivity contribution in [2.24, 2.45) is 0 Å². The number of hydrogen-bond donors (Lipinski definition) is 0. The molecule has 0 saturated carbocycles. The summed E-state index contributed by atoms with van der Waals surface area (Å²) in [5.41, 5.74) is 3.79. The molecule has 0 N–H and O–H groups in total. The highest BCUT2D eigenvalue weighted by Crippen LogP contribution is 2.34. The molecule has 9 nitrogen and oxygen atoms in total. The number of piperidine rings is 1. The molecule has 10 heteroatoms. The highest BCUT2D eigenvalue weighted by molar-refractivity contribution is 5.68. The first-order chi connectivity index (χ1) is 16.8. The molecule has 1 amide bonds. The third-order valence-electron chi connectivity index (χ3n) is 6.53. The van der Waals surface area contributed by atoms with Crippen LogP contribution in [0.1, 0.15) is 56.4 Å². The lowest BCUT2D eigenvalue weighted by atomic mass is 9.90. The summed E-state index contributed by atoms with van der Waals surface area (Å²) in [4.78, 5) is 20.8. The van der Waals surface area contributed by atoms with Crippen LogP contribution in [0.5, 0.6) is 0 Å². The van der Waals surface area contributed by atoms with E-state index in [2.05, 4.69) is 26.6 Å². The van der Waals surface area contributed by atoms with E-state index in [4.69, 9.17) is 4.74 Å². The largest absolute Gasteiger partial charge is 0.444 e. The molecule has 1 fully saturated rings. The SMILES string of the molecule is CC(C)(C)OC(=O)N1CCC(c2ccc(CN3CCc4cc(-n5cnnn5)cc(F)c43)nc2)CC1. The van der Waals surface area contributed by atoms with Crippen LogP contribution in [0.3, 0.4) is 0 Å². The molecule has 1 aromatic carbocycles. The van der Waals surface area contributed by atoms with Gasteiger partial charge in [0.15, 0.2) is 0 Å². The standard InChI is InChI=1S/C25H30FN7O2/c1-25(2,3)35-24(34)31-9-6-17(7-10-31)19-4-5-20(27-14-19)15-32-11-8-18-12-21(13-22(26)23(18)32)33-16-28-29-30-33/h4-5,12-14,16-17H,6-11,15H2,1-3H3. The van der Waals surface area contributed by atoms with Crippen LogP contribution in [-0.4, -0.2) is 61.4 Å². The Morgan fingerprint density at radius 3 is 2.63 bits per heavy atom. The predicted molar refractivity (Wildman–Crippen MR) is 128 cm³/mol. The van der Waals surface area contributed by atoms with E-state index in [0.29, 0.717) is 36.9 Å². The molecule has 3 aromatic rings. The second kappa shape index (κ2) is 9.24. The van der Waals surface area contributed by atoms with Crippen molar-refractivity contribution in [1.82, 2.24) is 30.1 Å². The van der Waals surface area contributed by atoms with Crippen LogP contribution >= 0.6 is 0 Å². The number of fused-ring (bicyclic) bond motifs is 1. The Kier molecular flexibility index (Phi) is 6.12. The van der Waals surface area contributed by atoms with E-state index in [1.54, 1.807) is 4.90 Å². The van der Waals surface area contributed by atoms with Crippen molar-refractivity contribution < 1.29 is 13.9 Å². The Hall–Kier alpha value is -3.56. The highest BCUT2D eigenvalue weighted by atomic mass is 19.1. The van der Waals surface area contributed by atoms with E-state index < -0.39 is 5.60 Å². The summed E-state index contributed by atoms with van der Waals surface area (Å²) < 4.78 is 22.0. The first kappa shape index (κ1) is 23.2. The number of rotatable bonds is 4. The minimum Gasteiger partial charge on any atom is -0.444 e. The third kappa shape index (κ3) is 5.11. The maximum absolute atomic E-state index is 15.0. The molecular weight excluding hydrogens is 449 g/mol. The number of ether oxygens (including phenoxy) is 1. The molecule has 2 aliphatic rings. The number of tetrazole rings is 1. The second-order valence-corrected chi connectivity index (χ2v) is 10.2. The van der Waals surface area contributed by atoms with Gasteiger partial charge < -0.3 is 14.5 Å². The van der Waals surface area contributed by atoms with Gasteiger partial charge in [-0.05, 0) is 79.6 Å². The van der Waals surface area contributed by atoms with E-state index in [9.17, 15) is 4.79 Å². The lowest BCUT2D eigenvalue weighted by Gasteiger charge is -2.33. The zero-order valence-electron chi connectivity index (χ0n) is 20.3. The average Bonchev–Trinajstić information content (AvgIpc) is 3.49. The van der Waals surface area contributed by atoms with Gasteiger partial charge in [0.1, 0.15) is 17.7 Å². The van der Waals surface area contributed by atoms with Gasteiger partial charge in [0, 0.05) is 31.9 Å². The molecular formula is C25H30FN7O2. The molecule has 184 valence electrons. The number of hydrogen-bond acceptors (Lipinski definition) is 7. The summed E-state index contributed by atoms with van der Waals surface area (Å²) in [6, 6.07) is 7.55. The normalized spacial score (nSPS) is 16.5. The Balaban J connectivity index is 1.20. The van der Waals surface area contributed by atoms with Gasteiger partial charge in [0.25, 0.3) is 0 Å². The fourth-order valence-corrected chi connectivity index (χ4v) is 4.81. The minimum atomic E-state index is -0.483. The van der Waals surface area contributed by atoms with E-state index in [1.165, 1.54) is 22.6 Å². The number of amides is 1. The first-order valence-electron chi connectivity index (χ1n) is 12.0. The predicted octanol–water partition coefficient (Wildman–Crippen LogP) is 3.87. The van der Waals surface area contributed by atoms with Gasteiger partial charge in [0.05, 0.1) is 23.6 Å². The van der Waals surface area contributed by atoms with Crippen LogP contribution in [0.4, 0.5) is 14.9 Å². The van der Waals surface area contributed by atoms with Crippen LogP contribution < -0.4 is 4.90 Å². The van der Waals surface area contributed by atoms with E-state index >= 15 is 4.39 Å². The fourth-order valence-electron chi connectivity index (χ4n) is 4.81. The van der Waals surface area contributed by atoms with Crippen molar-refractivity contribution in [3.63, 3.8) is 0 Å². The zero-order valence-corrected chi connectivity index (χ0v) is 20.3. The molecule has 1 saturated heterocycles. The summed E-state index contributed by atoms with van der Waals surface area (Å²) in [6.07, 6.45) is 5.67. The van der Waals surface area contributed by atoms with Gasteiger partial charge in [0.2, 0.25) is 0 Å². The van der Waals surface area contributed by atoms with Gasteiger partial charge in [-0.1, -0.05) is 6.07 Å². The maximum atomic E-state index is 15.0. The summed E-state index contributed by atoms with van der Waals surface area (Å²) in [6.45, 7) is 8.29. The molecule has 4 heterocycles. The Morgan fingerprint density at radius 2 is 1.97 bits per heavy atom. The van der Waals surface area contributed by atoms with Gasteiger partial charge >= 0.3 is 6.09 Å². The number of nitrogens with zero attached hydrogens (tertiary/aromatic N) is 7. The molecule has 5 rings (SSSR count). The van der Waals surface area contributed by atoms with Crippen LogP contribution in [0, 0.1) is 5.82 Å². The summed E-state index contributed by atoms with van der Waals surface area (Å²) in [5.74, 6) is 0.0868. The van der Waals surface area contributed by atoms with Crippen molar-refractivity contribution in [2.75, 3.05) is 24.5 Å². The number of benzene rings is 1. The molecule has 0 radical (unpaired) electrons. The highest BCUT2D eigenvalue weighted by Gasteiger charge is 2.28. The number of likely N-dealkylation sites (tertiary alicyclic amines) is 1. The van der Waals surface area contributed by atoms with E-state index in [-0.39, 0.29) is 11.9 Å². The van der Waals surface area contributed by atoms with Gasteiger partial charge in [-0.25, -0.2) is 13.9 Å². The van der Waals surface area contributed by atoms with Crippen molar-refractivity contribution in [2.45, 2.75) is 58.1 Å². The Labute approximate surface area is 203 Å². The van der Waals surface area contributed by atoms with E-state index in [0.717, 1.165) is 37.1 Å². The molecule has 0 bridgehead atoms. The fraction of sp³-hybridized carbons (Fsp3) is 0.480. The quantitative estimate of drug-likeness (QED) is 0.561. The minimum absolute atomic E-state index is 0.243. The number of pyridine rings is 1. The van der Waals surface area contributed by atoms with Gasteiger partial charge in [-0.15, -0.1) is 5.10 Å². The lowest BCUT2D eigenvalue weighted by Crippen LogP contribution is -2.41. The van der Waals surface area contributed by atoms with Crippen LogP contribution in [0.15, 0.2) is 36.8 Å². The summed E-state index contributed by atoms with van der Waals surface area (Å²) >= 11 is 0. The Morgan fingerprint density at radius 1 is 1.17 bits per heavy atom. The molecule has 2 aliphatic heterocycles. The van der Waals surface area contributed by atoms with Gasteiger partial charge in [-0.3, -0.25) is 4.98 Å². The topological polar surface area (TPSA) is 89.3 Å². The smallest absolute Gasteiger partial charge is 0.410 e. The number of carbonyl (C=O) groups is 1. The molecule has 0 aliphatic carbocycles. The molecule has 2 aromatic heterocycles. The van der Waals surface area contributed by atoms with Crippen LogP contribution in [-0.2, 0) is 17.7 Å². The first-order valence-corrected chi connectivity index (χ1v) is 12.0. The number of halogens is 1. The molecule has 0 spiro atoms. The molecule has 0 unspecified atom stereocenters. The summed E-state index contributed by atoms with van der Waals surface area (Å²) in [7, 11) is 0. The lowest BCUT2D eigenvalue weighted by molar-refractivity contribution is 0.0205. The average molecular weight is 480 g/mol. The Bertz CT molecular complexity index is 1180. The maximum Gasteiger partial charge on any atom is 0.410 e. The van der Waals surface area contributed by atoms with E-state index in [1.807, 2.05) is 44.0 Å². The molecule has 35 heavy (non-hydrogen) atoms.